The molecule has 0 saturated carbocycles. The van der Waals surface area contributed by atoms with Crippen molar-refractivity contribution < 1.29 is 19.1 Å². The number of rotatable bonds is 4. The first-order valence-electron chi connectivity index (χ1n) is 7.33. The van der Waals surface area contributed by atoms with Gasteiger partial charge in [0.25, 0.3) is 5.90 Å². The summed E-state index contributed by atoms with van der Waals surface area (Å²) in [4.78, 5) is 16.8. The van der Waals surface area contributed by atoms with Crippen LogP contribution in [0.15, 0.2) is 65.8 Å². The van der Waals surface area contributed by atoms with Gasteiger partial charge in [0.1, 0.15) is 18.6 Å². The van der Waals surface area contributed by atoms with Gasteiger partial charge in [0, 0.05) is 0 Å². The molecule has 1 saturated heterocycles. The molecule has 2 aromatic carbocycles. The molecule has 0 aliphatic carbocycles. The SMILES string of the molecule is C[C@@]1(c2ccccc2)COC(=O)O/C1=N\OCc1ccccc1. The van der Waals surface area contributed by atoms with Gasteiger partial charge in [-0.2, -0.15) is 0 Å². The van der Waals surface area contributed by atoms with Crippen LogP contribution in [0.1, 0.15) is 18.1 Å². The summed E-state index contributed by atoms with van der Waals surface area (Å²) >= 11 is 0. The Labute approximate surface area is 134 Å². The maximum absolute atomic E-state index is 11.4. The highest BCUT2D eigenvalue weighted by Gasteiger charge is 2.42. The minimum absolute atomic E-state index is 0.156. The highest BCUT2D eigenvalue weighted by Crippen LogP contribution is 2.30. The lowest BCUT2D eigenvalue weighted by Gasteiger charge is -2.32. The molecule has 5 heteroatoms. The van der Waals surface area contributed by atoms with Crippen LogP contribution in [-0.2, 0) is 26.3 Å². The third-order valence-corrected chi connectivity index (χ3v) is 3.76. The van der Waals surface area contributed by atoms with E-state index < -0.39 is 11.6 Å². The lowest BCUT2D eigenvalue weighted by Crippen LogP contribution is -2.45. The predicted octanol–water partition coefficient (Wildman–Crippen LogP) is 3.64. The molecule has 0 bridgehead atoms. The number of carbonyl (C=O) groups is 1. The van der Waals surface area contributed by atoms with Crippen LogP contribution >= 0.6 is 0 Å². The maximum Gasteiger partial charge on any atom is 0.515 e. The number of oxime groups is 1. The Bertz CT molecular complexity index is 699. The van der Waals surface area contributed by atoms with E-state index in [2.05, 4.69) is 5.16 Å². The first-order chi connectivity index (χ1) is 11.2. The molecule has 0 radical (unpaired) electrons. The van der Waals surface area contributed by atoms with Crippen LogP contribution in [0.3, 0.4) is 0 Å². The Morgan fingerprint density at radius 2 is 1.74 bits per heavy atom. The standard InChI is InChI=1S/C18H17NO4/c1-18(15-10-6-3-7-11-15)13-21-17(20)23-16(18)19-22-12-14-8-4-2-5-9-14/h2-11H,12-13H2,1H3/b19-16-/t18-/m0/s1. The monoisotopic (exact) mass is 311 g/mol. The molecule has 1 aliphatic heterocycles. The van der Waals surface area contributed by atoms with E-state index in [-0.39, 0.29) is 12.5 Å². The number of hydrogen-bond acceptors (Lipinski definition) is 5. The number of ether oxygens (including phenoxy) is 2. The van der Waals surface area contributed by atoms with Crippen molar-refractivity contribution in [3.8, 4) is 0 Å². The lowest BCUT2D eigenvalue weighted by atomic mass is 9.82. The van der Waals surface area contributed by atoms with Crippen molar-refractivity contribution in [1.29, 1.82) is 0 Å². The molecule has 23 heavy (non-hydrogen) atoms. The van der Waals surface area contributed by atoms with Gasteiger partial charge in [-0.3, -0.25) is 0 Å². The van der Waals surface area contributed by atoms with Crippen LogP contribution in [0.4, 0.5) is 4.79 Å². The predicted molar refractivity (Wildman–Crippen MR) is 84.9 cm³/mol. The molecule has 1 heterocycles. The molecule has 0 unspecified atom stereocenters. The van der Waals surface area contributed by atoms with Gasteiger partial charge in [-0.15, -0.1) is 0 Å². The second-order valence-corrected chi connectivity index (χ2v) is 5.49. The summed E-state index contributed by atoms with van der Waals surface area (Å²) in [5.74, 6) is 0.205. The highest BCUT2D eigenvalue weighted by molar-refractivity contribution is 5.95. The minimum atomic E-state index is -0.763. The third-order valence-electron chi connectivity index (χ3n) is 3.76. The zero-order valence-electron chi connectivity index (χ0n) is 12.8. The van der Waals surface area contributed by atoms with Gasteiger partial charge in [0.05, 0.1) is 0 Å². The van der Waals surface area contributed by atoms with Crippen molar-refractivity contribution >= 4 is 12.1 Å². The minimum Gasteiger partial charge on any atom is -0.432 e. The summed E-state index contributed by atoms with van der Waals surface area (Å²) in [6.07, 6.45) is -0.763. The Kier molecular flexibility index (Phi) is 4.28. The number of cyclic esters (lactones) is 2. The van der Waals surface area contributed by atoms with E-state index in [1.165, 1.54) is 0 Å². The van der Waals surface area contributed by atoms with Crippen molar-refractivity contribution in [3.05, 3.63) is 71.8 Å². The molecule has 2 aromatic rings. The fraction of sp³-hybridized carbons (Fsp3) is 0.222. The van der Waals surface area contributed by atoms with Gasteiger partial charge in [-0.1, -0.05) is 60.7 Å². The van der Waals surface area contributed by atoms with Crippen LogP contribution in [0.2, 0.25) is 0 Å². The van der Waals surface area contributed by atoms with E-state index in [0.29, 0.717) is 6.61 Å². The second kappa shape index (κ2) is 6.52. The van der Waals surface area contributed by atoms with Crippen molar-refractivity contribution in [2.75, 3.05) is 6.61 Å². The Morgan fingerprint density at radius 3 is 2.43 bits per heavy atom. The molecule has 1 atom stereocenters. The number of benzene rings is 2. The van der Waals surface area contributed by atoms with Gasteiger partial charge >= 0.3 is 6.16 Å². The van der Waals surface area contributed by atoms with Crippen LogP contribution in [-0.4, -0.2) is 18.7 Å². The van der Waals surface area contributed by atoms with E-state index in [4.69, 9.17) is 14.3 Å². The van der Waals surface area contributed by atoms with Crippen molar-refractivity contribution in [2.24, 2.45) is 5.16 Å². The average molecular weight is 311 g/mol. The van der Waals surface area contributed by atoms with E-state index in [1.54, 1.807) is 0 Å². The van der Waals surface area contributed by atoms with E-state index in [9.17, 15) is 4.79 Å². The van der Waals surface area contributed by atoms with Gasteiger partial charge in [0.15, 0.2) is 0 Å². The zero-order chi connectivity index (χ0) is 16.1. The van der Waals surface area contributed by atoms with Crippen LogP contribution in [0.5, 0.6) is 0 Å². The summed E-state index contributed by atoms with van der Waals surface area (Å²) in [7, 11) is 0. The average Bonchev–Trinajstić information content (AvgIpc) is 2.60. The van der Waals surface area contributed by atoms with Crippen LogP contribution in [0.25, 0.3) is 0 Å². The summed E-state index contributed by atoms with van der Waals surface area (Å²) < 4.78 is 10.2. The molecular formula is C18H17NO4. The van der Waals surface area contributed by atoms with Crippen molar-refractivity contribution in [2.45, 2.75) is 18.9 Å². The normalized spacial score (nSPS) is 22.3. The summed E-state index contributed by atoms with van der Waals surface area (Å²) in [5.41, 5.74) is 1.25. The van der Waals surface area contributed by atoms with E-state index in [1.807, 2.05) is 67.6 Å². The summed E-state index contributed by atoms with van der Waals surface area (Å²) in [5, 5.41) is 4.05. The van der Waals surface area contributed by atoms with E-state index in [0.717, 1.165) is 11.1 Å². The molecule has 0 N–H and O–H groups in total. The highest BCUT2D eigenvalue weighted by atomic mass is 16.7. The molecule has 0 amide bonds. The Morgan fingerprint density at radius 1 is 1.09 bits per heavy atom. The fourth-order valence-electron chi connectivity index (χ4n) is 2.36. The molecule has 5 nitrogen and oxygen atoms in total. The molecule has 1 aliphatic rings. The smallest absolute Gasteiger partial charge is 0.432 e. The van der Waals surface area contributed by atoms with Crippen LogP contribution < -0.4 is 0 Å². The molecular weight excluding hydrogens is 294 g/mol. The number of nitrogens with zero attached hydrogens (tertiary/aromatic N) is 1. The zero-order valence-corrected chi connectivity index (χ0v) is 12.8. The third kappa shape index (κ3) is 3.34. The molecule has 0 spiro atoms. The molecule has 1 fully saturated rings. The fourth-order valence-corrected chi connectivity index (χ4v) is 2.36. The van der Waals surface area contributed by atoms with Gasteiger partial charge in [0.2, 0.25) is 0 Å². The first-order valence-corrected chi connectivity index (χ1v) is 7.33. The van der Waals surface area contributed by atoms with Gasteiger partial charge in [-0.05, 0) is 23.2 Å². The molecule has 118 valence electrons. The maximum atomic E-state index is 11.4. The van der Waals surface area contributed by atoms with E-state index >= 15 is 0 Å². The lowest BCUT2D eigenvalue weighted by molar-refractivity contribution is 0.0442. The Balaban J connectivity index is 1.81. The van der Waals surface area contributed by atoms with Gasteiger partial charge < -0.3 is 14.3 Å². The number of carbonyl (C=O) groups excluding carboxylic acids is 1. The van der Waals surface area contributed by atoms with Crippen LogP contribution in [0, 0.1) is 0 Å². The second-order valence-electron chi connectivity index (χ2n) is 5.49. The number of hydrogen-bond donors (Lipinski definition) is 0. The Hall–Kier alpha value is -2.82. The van der Waals surface area contributed by atoms with Crippen molar-refractivity contribution in [3.63, 3.8) is 0 Å². The topological polar surface area (TPSA) is 57.1 Å². The largest absolute Gasteiger partial charge is 0.515 e. The molecule has 3 rings (SSSR count). The first kappa shape index (κ1) is 15.1. The quantitative estimate of drug-likeness (QED) is 0.639. The molecule has 0 aromatic heterocycles. The van der Waals surface area contributed by atoms with Crippen molar-refractivity contribution in [1.82, 2.24) is 0 Å². The van der Waals surface area contributed by atoms with Gasteiger partial charge in [-0.25, -0.2) is 4.79 Å². The summed E-state index contributed by atoms with van der Waals surface area (Å²) in [6.45, 7) is 2.36. The summed E-state index contributed by atoms with van der Waals surface area (Å²) in [6, 6.07) is 19.3.